The lowest BCUT2D eigenvalue weighted by molar-refractivity contribution is -0.131. The van der Waals surface area contributed by atoms with Gasteiger partial charge in [-0.25, -0.2) is 8.78 Å². The third-order valence-electron chi connectivity index (χ3n) is 8.29. The Kier molecular flexibility index (Phi) is 6.32. The molecule has 3 fully saturated rings. The van der Waals surface area contributed by atoms with E-state index in [1.165, 1.54) is 12.0 Å². The lowest BCUT2D eigenvalue weighted by Gasteiger charge is -2.26. The maximum atomic E-state index is 14.4. The van der Waals surface area contributed by atoms with Crippen LogP contribution < -0.4 is 10.1 Å². The van der Waals surface area contributed by atoms with E-state index >= 15 is 0 Å². The first kappa shape index (κ1) is 25.4. The maximum absolute atomic E-state index is 14.4. The van der Waals surface area contributed by atoms with Gasteiger partial charge in [-0.1, -0.05) is 13.0 Å². The Morgan fingerprint density at radius 1 is 1.30 bits per heavy atom. The van der Waals surface area contributed by atoms with Crippen molar-refractivity contribution in [1.82, 2.24) is 15.2 Å². The van der Waals surface area contributed by atoms with Crippen LogP contribution in [-0.4, -0.2) is 64.9 Å². The Morgan fingerprint density at radius 2 is 2.05 bits per heavy atom. The molecule has 2 saturated carbocycles. The molecule has 2 aliphatic carbocycles. The highest BCUT2D eigenvalue weighted by Gasteiger charge is 2.75. The molecule has 4 unspecified atom stereocenters. The van der Waals surface area contributed by atoms with E-state index in [-0.39, 0.29) is 55.4 Å². The van der Waals surface area contributed by atoms with Crippen molar-refractivity contribution in [2.45, 2.75) is 69.9 Å². The summed E-state index contributed by atoms with van der Waals surface area (Å²) in [6, 6.07) is 4.82. The van der Waals surface area contributed by atoms with Crippen LogP contribution in [-0.2, 0) is 14.4 Å². The standard InChI is InChI=1S/C27H31F2N3O5/c1-3-21(33)18(10-15-6-4-8-22(15)34)31-24(35)20-12-26(13-27(26,28)29)14-32(20)25(36)19-11-16-17(30-19)7-5-9-23(16)37-2/h5,7,9,11,15,18,20,30H,3-4,6,8,10,12-14H2,1-2H3,(H,31,35). The van der Waals surface area contributed by atoms with Gasteiger partial charge in [0.1, 0.15) is 23.3 Å². The van der Waals surface area contributed by atoms with E-state index in [0.717, 1.165) is 6.42 Å². The van der Waals surface area contributed by atoms with Crippen LogP contribution in [0.1, 0.15) is 62.4 Å². The lowest BCUT2D eigenvalue weighted by Crippen LogP contribution is -2.51. The first-order chi connectivity index (χ1) is 17.6. The average Bonchev–Trinajstić information content (AvgIpc) is 3.36. The van der Waals surface area contributed by atoms with Gasteiger partial charge >= 0.3 is 0 Å². The number of amides is 2. The van der Waals surface area contributed by atoms with Crippen molar-refractivity contribution in [3.05, 3.63) is 30.0 Å². The highest BCUT2D eigenvalue weighted by molar-refractivity contribution is 6.02. The molecule has 1 aliphatic heterocycles. The maximum Gasteiger partial charge on any atom is 0.271 e. The molecule has 4 atom stereocenters. The Labute approximate surface area is 213 Å². The van der Waals surface area contributed by atoms with Gasteiger partial charge in [0.05, 0.1) is 18.6 Å². The number of ether oxygens (including phenoxy) is 1. The zero-order chi connectivity index (χ0) is 26.5. The molecule has 37 heavy (non-hydrogen) atoms. The minimum atomic E-state index is -2.96. The number of methoxy groups -OCH3 is 1. The number of carbonyl (C=O) groups is 4. The van der Waals surface area contributed by atoms with E-state index in [0.29, 0.717) is 29.5 Å². The van der Waals surface area contributed by atoms with Crippen LogP contribution in [0, 0.1) is 11.3 Å². The third-order valence-corrected chi connectivity index (χ3v) is 8.29. The van der Waals surface area contributed by atoms with E-state index in [9.17, 15) is 28.0 Å². The van der Waals surface area contributed by atoms with Crippen molar-refractivity contribution in [3.63, 3.8) is 0 Å². The fourth-order valence-electron chi connectivity index (χ4n) is 5.98. The second kappa shape index (κ2) is 9.22. The molecule has 0 bridgehead atoms. The number of alkyl halides is 2. The monoisotopic (exact) mass is 515 g/mol. The van der Waals surface area contributed by atoms with Gasteiger partial charge in [-0.2, -0.15) is 0 Å². The lowest BCUT2D eigenvalue weighted by atomic mass is 9.93. The fourth-order valence-corrected chi connectivity index (χ4v) is 5.98. The number of hydrogen-bond donors (Lipinski definition) is 2. The number of aromatic nitrogens is 1. The summed E-state index contributed by atoms with van der Waals surface area (Å²) in [6.45, 7) is 1.42. The summed E-state index contributed by atoms with van der Waals surface area (Å²) in [5.74, 6) is -4.07. The molecule has 198 valence electrons. The van der Waals surface area contributed by atoms with Crippen LogP contribution in [0.25, 0.3) is 10.9 Å². The van der Waals surface area contributed by atoms with Crippen molar-refractivity contribution < 1.29 is 32.7 Å². The normalized spacial score (nSPS) is 27.0. The first-order valence-corrected chi connectivity index (χ1v) is 12.8. The quantitative estimate of drug-likeness (QED) is 0.558. The number of carbonyl (C=O) groups excluding carboxylic acids is 4. The van der Waals surface area contributed by atoms with E-state index in [2.05, 4.69) is 10.3 Å². The van der Waals surface area contributed by atoms with Crippen LogP contribution in [0.15, 0.2) is 24.3 Å². The molecule has 2 amide bonds. The molecule has 1 aromatic heterocycles. The molecule has 1 aromatic carbocycles. The molecule has 1 spiro atoms. The summed E-state index contributed by atoms with van der Waals surface area (Å²) >= 11 is 0. The first-order valence-electron chi connectivity index (χ1n) is 12.8. The molecule has 2 N–H and O–H groups in total. The number of nitrogens with one attached hydrogen (secondary N) is 2. The zero-order valence-corrected chi connectivity index (χ0v) is 20.9. The Morgan fingerprint density at radius 3 is 2.68 bits per heavy atom. The second-order valence-electron chi connectivity index (χ2n) is 10.6. The molecular weight excluding hydrogens is 484 g/mol. The van der Waals surface area contributed by atoms with Crippen molar-refractivity contribution in [2.24, 2.45) is 11.3 Å². The fraction of sp³-hybridized carbons (Fsp3) is 0.556. The van der Waals surface area contributed by atoms with Crippen LogP contribution in [0.5, 0.6) is 5.75 Å². The van der Waals surface area contributed by atoms with Gasteiger partial charge in [-0.15, -0.1) is 0 Å². The zero-order valence-electron chi connectivity index (χ0n) is 20.9. The van der Waals surface area contributed by atoms with Crippen molar-refractivity contribution in [2.75, 3.05) is 13.7 Å². The number of H-pyrrole nitrogens is 1. The average molecular weight is 516 g/mol. The minimum absolute atomic E-state index is 0.0756. The number of rotatable bonds is 8. The van der Waals surface area contributed by atoms with E-state index in [1.54, 1.807) is 31.2 Å². The minimum Gasteiger partial charge on any atom is -0.496 e. The summed E-state index contributed by atoms with van der Waals surface area (Å²) in [6.07, 6.45) is 1.67. The number of hydrogen-bond acceptors (Lipinski definition) is 5. The van der Waals surface area contributed by atoms with Gasteiger partial charge in [0, 0.05) is 42.6 Å². The Balaban J connectivity index is 1.40. The van der Waals surface area contributed by atoms with Crippen LogP contribution in [0.4, 0.5) is 8.78 Å². The van der Waals surface area contributed by atoms with Gasteiger partial charge in [-0.3, -0.25) is 19.2 Å². The molecular formula is C27H31F2N3O5. The number of Topliss-reactive ketones (excluding diaryl/α,β-unsaturated/α-hetero) is 2. The number of fused-ring (bicyclic) bond motifs is 1. The molecule has 0 radical (unpaired) electrons. The number of aromatic amines is 1. The van der Waals surface area contributed by atoms with Gasteiger partial charge < -0.3 is 19.9 Å². The molecule has 5 rings (SSSR count). The summed E-state index contributed by atoms with van der Waals surface area (Å²) < 4.78 is 34.2. The number of nitrogens with zero attached hydrogens (tertiary/aromatic N) is 1. The Bertz CT molecular complexity index is 1270. The summed E-state index contributed by atoms with van der Waals surface area (Å²) in [5.41, 5.74) is -0.639. The van der Waals surface area contributed by atoms with Gasteiger partial charge in [-0.05, 0) is 43.9 Å². The molecule has 1 saturated heterocycles. The number of ketones is 2. The third kappa shape index (κ3) is 4.40. The van der Waals surface area contributed by atoms with Crippen LogP contribution >= 0.6 is 0 Å². The molecule has 2 heterocycles. The highest BCUT2D eigenvalue weighted by atomic mass is 19.3. The predicted molar refractivity (Wildman–Crippen MR) is 130 cm³/mol. The molecule has 2 aromatic rings. The van der Waals surface area contributed by atoms with Gasteiger partial charge in [0.15, 0.2) is 5.78 Å². The van der Waals surface area contributed by atoms with Crippen molar-refractivity contribution in [3.8, 4) is 5.75 Å². The Hall–Kier alpha value is -3.30. The molecule has 3 aliphatic rings. The number of likely N-dealkylation sites (tertiary alicyclic amines) is 1. The van der Waals surface area contributed by atoms with Crippen LogP contribution in [0.3, 0.4) is 0 Å². The van der Waals surface area contributed by atoms with Gasteiger partial charge in [0.2, 0.25) is 5.91 Å². The molecule has 8 nitrogen and oxygen atoms in total. The summed E-state index contributed by atoms with van der Waals surface area (Å²) in [7, 11) is 1.51. The largest absolute Gasteiger partial charge is 0.496 e. The van der Waals surface area contributed by atoms with E-state index < -0.39 is 35.2 Å². The summed E-state index contributed by atoms with van der Waals surface area (Å²) in [5, 5.41) is 3.38. The topological polar surface area (TPSA) is 109 Å². The van der Waals surface area contributed by atoms with Crippen molar-refractivity contribution >= 4 is 34.3 Å². The molecule has 10 heteroatoms. The van der Waals surface area contributed by atoms with Gasteiger partial charge in [0.25, 0.3) is 11.8 Å². The highest BCUT2D eigenvalue weighted by Crippen LogP contribution is 2.66. The van der Waals surface area contributed by atoms with Crippen LogP contribution in [0.2, 0.25) is 0 Å². The number of halogens is 2. The smallest absolute Gasteiger partial charge is 0.271 e. The predicted octanol–water partition coefficient (Wildman–Crippen LogP) is 3.64. The van der Waals surface area contributed by atoms with Crippen molar-refractivity contribution in [1.29, 1.82) is 0 Å². The number of benzene rings is 1. The summed E-state index contributed by atoms with van der Waals surface area (Å²) in [4.78, 5) is 56.1. The second-order valence-corrected chi connectivity index (χ2v) is 10.6. The van der Waals surface area contributed by atoms with E-state index in [1.807, 2.05) is 0 Å². The van der Waals surface area contributed by atoms with E-state index in [4.69, 9.17) is 4.74 Å². The SMILES string of the molecule is CCC(=O)C(CC1CCCC1=O)NC(=O)C1CC2(CN1C(=O)c1cc3c(OC)cccc3[nH]1)CC2(F)F.